The van der Waals surface area contributed by atoms with E-state index in [0.29, 0.717) is 56.9 Å². The van der Waals surface area contributed by atoms with Crippen LogP contribution in [-0.2, 0) is 9.59 Å². The Kier molecular flexibility index (Phi) is 5.85. The van der Waals surface area contributed by atoms with E-state index >= 15 is 0 Å². The summed E-state index contributed by atoms with van der Waals surface area (Å²) < 4.78 is 15.2. The molecule has 0 spiro atoms. The number of allylic oxidation sites excluding steroid dienone is 2. The molecular formula is C27H24Cl2FN3O2. The minimum absolute atomic E-state index is 0.00756. The van der Waals surface area contributed by atoms with Crippen molar-refractivity contribution in [3.05, 3.63) is 87.1 Å². The number of aromatic nitrogens is 2. The average molecular weight is 512 g/mol. The van der Waals surface area contributed by atoms with E-state index in [2.05, 4.69) is 5.10 Å². The number of ketones is 1. The molecule has 0 radical (unpaired) electrons. The molecule has 2 heterocycles. The molecule has 1 aliphatic heterocycles. The van der Waals surface area contributed by atoms with Crippen LogP contribution in [0.4, 0.5) is 10.1 Å². The lowest BCUT2D eigenvalue weighted by molar-refractivity contribution is -0.121. The van der Waals surface area contributed by atoms with Crippen molar-refractivity contribution in [3.8, 4) is 5.69 Å². The molecular weight excluding hydrogens is 488 g/mol. The molecule has 1 amide bonds. The van der Waals surface area contributed by atoms with Crippen molar-refractivity contribution in [1.82, 2.24) is 9.78 Å². The molecule has 1 aromatic heterocycles. The van der Waals surface area contributed by atoms with Gasteiger partial charge >= 0.3 is 0 Å². The van der Waals surface area contributed by atoms with Gasteiger partial charge < -0.3 is 0 Å². The molecule has 5 nitrogen and oxygen atoms in total. The molecule has 8 heteroatoms. The number of amides is 1. The van der Waals surface area contributed by atoms with E-state index in [1.165, 1.54) is 12.1 Å². The van der Waals surface area contributed by atoms with Crippen LogP contribution in [0.25, 0.3) is 5.69 Å². The monoisotopic (exact) mass is 511 g/mol. The molecule has 0 saturated heterocycles. The fraction of sp³-hybridized carbons (Fsp3) is 0.296. The van der Waals surface area contributed by atoms with Crippen molar-refractivity contribution in [2.75, 3.05) is 4.90 Å². The number of anilines is 1. The molecule has 35 heavy (non-hydrogen) atoms. The third-order valence-corrected chi connectivity index (χ3v) is 7.28. The Morgan fingerprint density at radius 1 is 1.03 bits per heavy atom. The number of carbonyl (C=O) groups is 2. The molecule has 180 valence electrons. The summed E-state index contributed by atoms with van der Waals surface area (Å²) in [4.78, 5) is 28.7. The first-order chi connectivity index (χ1) is 16.6. The largest absolute Gasteiger partial charge is 0.294 e. The average Bonchev–Trinajstić information content (AvgIpc) is 3.07. The van der Waals surface area contributed by atoms with Crippen LogP contribution in [-0.4, -0.2) is 21.5 Å². The number of benzene rings is 2. The van der Waals surface area contributed by atoms with Gasteiger partial charge in [-0.3, -0.25) is 14.5 Å². The first-order valence-electron chi connectivity index (χ1n) is 11.4. The van der Waals surface area contributed by atoms with E-state index in [4.69, 9.17) is 23.2 Å². The highest BCUT2D eigenvalue weighted by molar-refractivity contribution is 6.31. The first kappa shape index (κ1) is 23.8. The number of halogens is 3. The van der Waals surface area contributed by atoms with Gasteiger partial charge in [0.2, 0.25) is 5.91 Å². The Hall–Kier alpha value is -2.96. The Balaban J connectivity index is 1.69. The van der Waals surface area contributed by atoms with Gasteiger partial charge in [0.15, 0.2) is 5.78 Å². The number of aryl methyl sites for hydroxylation is 1. The van der Waals surface area contributed by atoms with E-state index in [1.54, 1.807) is 33.8 Å². The van der Waals surface area contributed by atoms with Crippen LogP contribution in [0, 0.1) is 18.2 Å². The zero-order valence-electron chi connectivity index (χ0n) is 19.6. The Morgan fingerprint density at radius 2 is 1.74 bits per heavy atom. The zero-order chi connectivity index (χ0) is 25.1. The van der Waals surface area contributed by atoms with Crippen molar-refractivity contribution in [2.24, 2.45) is 5.41 Å². The first-order valence-corrected chi connectivity index (χ1v) is 12.2. The second kappa shape index (κ2) is 8.61. The Morgan fingerprint density at radius 3 is 2.43 bits per heavy atom. The van der Waals surface area contributed by atoms with E-state index in [1.807, 2.05) is 32.9 Å². The highest BCUT2D eigenvalue weighted by Crippen LogP contribution is 2.49. The van der Waals surface area contributed by atoms with Gasteiger partial charge in [-0.1, -0.05) is 43.1 Å². The van der Waals surface area contributed by atoms with Gasteiger partial charge in [-0.05, 0) is 61.2 Å². The quantitative estimate of drug-likeness (QED) is 0.388. The van der Waals surface area contributed by atoms with Crippen molar-refractivity contribution < 1.29 is 14.0 Å². The molecule has 0 N–H and O–H groups in total. The highest BCUT2D eigenvalue weighted by Gasteiger charge is 2.45. The van der Waals surface area contributed by atoms with Crippen LogP contribution in [0.1, 0.15) is 50.3 Å². The van der Waals surface area contributed by atoms with Crippen LogP contribution in [0.2, 0.25) is 10.2 Å². The van der Waals surface area contributed by atoms with Gasteiger partial charge in [0.25, 0.3) is 0 Å². The number of nitrogens with zero attached hydrogens (tertiary/aromatic N) is 3. The van der Waals surface area contributed by atoms with Gasteiger partial charge in [0.05, 0.1) is 11.4 Å². The van der Waals surface area contributed by atoms with Gasteiger partial charge in [-0.25, -0.2) is 9.07 Å². The topological polar surface area (TPSA) is 55.2 Å². The minimum atomic E-state index is -0.516. The molecule has 2 aliphatic rings. The molecule has 5 rings (SSSR count). The predicted molar refractivity (Wildman–Crippen MR) is 135 cm³/mol. The van der Waals surface area contributed by atoms with E-state index < -0.39 is 5.92 Å². The third kappa shape index (κ3) is 4.19. The summed E-state index contributed by atoms with van der Waals surface area (Å²) in [5, 5.41) is 5.52. The smallest absolute Gasteiger partial charge is 0.232 e. The molecule has 1 atom stereocenters. The van der Waals surface area contributed by atoms with E-state index in [9.17, 15) is 14.0 Å². The third-order valence-electron chi connectivity index (χ3n) is 6.68. The summed E-state index contributed by atoms with van der Waals surface area (Å²) in [6.45, 7) is 5.86. The van der Waals surface area contributed by atoms with Crippen molar-refractivity contribution in [3.63, 3.8) is 0 Å². The van der Waals surface area contributed by atoms with Crippen LogP contribution < -0.4 is 4.90 Å². The molecule has 1 aliphatic carbocycles. The van der Waals surface area contributed by atoms with Crippen LogP contribution in [0.15, 0.2) is 59.8 Å². The minimum Gasteiger partial charge on any atom is -0.294 e. The van der Waals surface area contributed by atoms with Crippen LogP contribution in [0.3, 0.4) is 0 Å². The summed E-state index contributed by atoms with van der Waals surface area (Å²) in [6, 6.07) is 12.9. The van der Waals surface area contributed by atoms with E-state index in [0.717, 1.165) is 0 Å². The Bertz CT molecular complexity index is 1390. The second-order valence-electron chi connectivity index (χ2n) is 9.95. The number of hydrogen-bond donors (Lipinski definition) is 0. The standard InChI is InChI=1S/C27H24Cl2FN3O2/c1-15-24(26(29)33(31-15)19-6-4-5-16(28)11-19)20-12-23(35)32(18-9-7-17(30)8-10-18)21-13-27(2,3)14-22(34)25(20)21/h4-11,20H,12-14H2,1-3H3. The Labute approximate surface area is 213 Å². The fourth-order valence-electron chi connectivity index (χ4n) is 5.24. The maximum absolute atomic E-state index is 13.6. The normalized spacial score (nSPS) is 19.8. The maximum Gasteiger partial charge on any atom is 0.232 e. The number of hydrogen-bond acceptors (Lipinski definition) is 3. The summed E-state index contributed by atoms with van der Waals surface area (Å²) in [5.41, 5.74) is 3.48. The number of Topliss-reactive ketones (excluding diaryl/α,β-unsaturated/α-hetero) is 1. The molecule has 0 fully saturated rings. The van der Waals surface area contributed by atoms with Crippen LogP contribution in [0.5, 0.6) is 0 Å². The summed E-state index contributed by atoms with van der Waals surface area (Å²) in [7, 11) is 0. The van der Waals surface area contributed by atoms with E-state index in [-0.39, 0.29) is 29.3 Å². The predicted octanol–water partition coefficient (Wildman–Crippen LogP) is 6.79. The summed E-state index contributed by atoms with van der Waals surface area (Å²) in [6.07, 6.45) is 0.962. The summed E-state index contributed by atoms with van der Waals surface area (Å²) >= 11 is 13.0. The molecule has 0 saturated carbocycles. The second-order valence-corrected chi connectivity index (χ2v) is 10.7. The number of rotatable bonds is 3. The van der Waals surface area contributed by atoms with Crippen molar-refractivity contribution >= 4 is 40.6 Å². The highest BCUT2D eigenvalue weighted by atomic mass is 35.5. The fourth-order valence-corrected chi connectivity index (χ4v) is 5.83. The van der Waals surface area contributed by atoms with Crippen molar-refractivity contribution in [2.45, 2.75) is 46.0 Å². The van der Waals surface area contributed by atoms with Crippen LogP contribution >= 0.6 is 23.2 Å². The maximum atomic E-state index is 13.6. The molecule has 2 aromatic carbocycles. The van der Waals surface area contributed by atoms with Gasteiger partial charge in [-0.2, -0.15) is 5.10 Å². The van der Waals surface area contributed by atoms with Gasteiger partial charge in [0, 0.05) is 46.3 Å². The summed E-state index contributed by atoms with van der Waals surface area (Å²) in [5.74, 6) is -1.08. The zero-order valence-corrected chi connectivity index (χ0v) is 21.1. The van der Waals surface area contributed by atoms with Gasteiger partial charge in [-0.15, -0.1) is 0 Å². The lowest BCUT2D eigenvalue weighted by Gasteiger charge is -2.42. The molecule has 0 bridgehead atoms. The van der Waals surface area contributed by atoms with Gasteiger partial charge in [0.1, 0.15) is 11.0 Å². The van der Waals surface area contributed by atoms with Crippen molar-refractivity contribution in [1.29, 1.82) is 0 Å². The molecule has 3 aromatic rings. The number of carbonyl (C=O) groups excluding carboxylic acids is 2. The molecule has 1 unspecified atom stereocenters. The lowest BCUT2D eigenvalue weighted by atomic mass is 9.69. The SMILES string of the molecule is Cc1nn(-c2cccc(Cl)c2)c(Cl)c1C1CC(=O)N(c2ccc(F)cc2)C2=C1C(=O)CC(C)(C)C2. The lowest BCUT2D eigenvalue weighted by Crippen LogP contribution is -2.43.